The van der Waals surface area contributed by atoms with Gasteiger partial charge in [0.05, 0.1) is 12.9 Å². The molecule has 2 aromatic heterocycles. The summed E-state index contributed by atoms with van der Waals surface area (Å²) in [5.41, 5.74) is -0.194. The number of carbonyl (C=O) groups excluding carboxylic acids is 1. The monoisotopic (exact) mass is 529 g/mol. The second-order valence-electron chi connectivity index (χ2n) is 10.4. The van der Waals surface area contributed by atoms with Crippen molar-refractivity contribution in [1.29, 1.82) is 0 Å². The zero-order chi connectivity index (χ0) is 27.4. The Hall–Kier alpha value is -2.73. The molecule has 3 rings (SSSR count). The number of hydrogen-bond acceptors (Lipinski definition) is 6. The Morgan fingerprint density at radius 1 is 1.13 bits per heavy atom. The number of hydrogen-bond donors (Lipinski definition) is 1. The summed E-state index contributed by atoms with van der Waals surface area (Å²) < 4.78 is 27.4. The standard InChI is InChI=1S/C29H44FN5O3/c1-5-8-9-10-11-12-13-14-15-16-17-18-19-37-28(36)33-25-24-26(34-27(30)32-25)35(21-31-24)23-20-22(4)29(6-2,7-3)38-23/h2,21-23H,5,7-20H2,1,3-4H3,(H,32,33,34,36)/t22-,23+,29+/m0/s1. The van der Waals surface area contributed by atoms with Crippen LogP contribution in [0.1, 0.15) is 117 Å². The minimum atomic E-state index is -0.972. The third-order valence-electron chi connectivity index (χ3n) is 7.62. The van der Waals surface area contributed by atoms with E-state index in [1.165, 1.54) is 64.1 Å². The summed E-state index contributed by atoms with van der Waals surface area (Å²) in [7, 11) is 0. The molecule has 1 aliphatic heterocycles. The second-order valence-corrected chi connectivity index (χ2v) is 10.4. The van der Waals surface area contributed by atoms with Gasteiger partial charge in [-0.3, -0.25) is 9.88 Å². The summed E-state index contributed by atoms with van der Waals surface area (Å²) in [5.74, 6) is 2.86. The second kappa shape index (κ2) is 15.0. The van der Waals surface area contributed by atoms with Crippen molar-refractivity contribution in [3.05, 3.63) is 12.4 Å². The Morgan fingerprint density at radius 3 is 2.34 bits per heavy atom. The van der Waals surface area contributed by atoms with E-state index in [9.17, 15) is 9.18 Å². The number of halogens is 1. The molecule has 210 valence electrons. The van der Waals surface area contributed by atoms with Crippen LogP contribution in [0.2, 0.25) is 0 Å². The molecule has 1 N–H and O–H groups in total. The number of unbranched alkanes of at least 4 members (excludes halogenated alkanes) is 11. The Morgan fingerprint density at radius 2 is 1.76 bits per heavy atom. The third kappa shape index (κ3) is 7.89. The highest BCUT2D eigenvalue weighted by Gasteiger charge is 2.45. The molecule has 1 saturated heterocycles. The molecule has 1 aliphatic rings. The first-order chi connectivity index (χ1) is 18.4. The summed E-state index contributed by atoms with van der Waals surface area (Å²) in [6.45, 7) is 6.57. The number of carbonyl (C=O) groups is 1. The van der Waals surface area contributed by atoms with Crippen LogP contribution < -0.4 is 5.32 Å². The summed E-state index contributed by atoms with van der Waals surface area (Å²) in [6, 6.07) is 0. The van der Waals surface area contributed by atoms with Crippen LogP contribution >= 0.6 is 0 Å². The molecule has 0 unspecified atom stereocenters. The van der Waals surface area contributed by atoms with Gasteiger partial charge in [-0.15, -0.1) is 6.42 Å². The lowest BCUT2D eigenvalue weighted by Crippen LogP contribution is -2.31. The van der Waals surface area contributed by atoms with E-state index < -0.39 is 24.0 Å². The quantitative estimate of drug-likeness (QED) is 0.137. The molecule has 0 spiro atoms. The fourth-order valence-corrected chi connectivity index (χ4v) is 5.21. The summed E-state index contributed by atoms with van der Waals surface area (Å²) in [6.07, 6.45) is 21.3. The fraction of sp³-hybridized carbons (Fsp3) is 0.724. The summed E-state index contributed by atoms with van der Waals surface area (Å²) in [5, 5.41) is 2.52. The van der Waals surface area contributed by atoms with Crippen LogP contribution in [0.3, 0.4) is 0 Å². The van der Waals surface area contributed by atoms with E-state index in [4.69, 9.17) is 15.9 Å². The maximum atomic E-state index is 14.3. The Bertz CT molecular complexity index is 1070. The number of amides is 1. The van der Waals surface area contributed by atoms with Gasteiger partial charge in [0.2, 0.25) is 0 Å². The molecule has 38 heavy (non-hydrogen) atoms. The van der Waals surface area contributed by atoms with Gasteiger partial charge in [0.1, 0.15) is 11.8 Å². The predicted molar refractivity (Wildman–Crippen MR) is 147 cm³/mol. The third-order valence-corrected chi connectivity index (χ3v) is 7.62. The maximum absolute atomic E-state index is 14.3. The molecule has 2 aromatic rings. The van der Waals surface area contributed by atoms with Crippen LogP contribution in [0.15, 0.2) is 6.33 Å². The topological polar surface area (TPSA) is 91.2 Å². The minimum absolute atomic E-state index is 0.0318. The van der Waals surface area contributed by atoms with Crippen molar-refractivity contribution in [2.45, 2.75) is 122 Å². The number of nitrogens with zero attached hydrogens (tertiary/aromatic N) is 4. The maximum Gasteiger partial charge on any atom is 0.412 e. The normalized spacial score (nSPS) is 21.0. The van der Waals surface area contributed by atoms with Crippen LogP contribution in [0.25, 0.3) is 11.2 Å². The molecule has 1 amide bonds. The van der Waals surface area contributed by atoms with E-state index in [1.807, 2.05) is 13.8 Å². The Kier molecular flexibility index (Phi) is 11.8. The van der Waals surface area contributed by atoms with Crippen molar-refractivity contribution < 1.29 is 18.7 Å². The van der Waals surface area contributed by atoms with Crippen LogP contribution in [0, 0.1) is 24.3 Å². The van der Waals surface area contributed by atoms with E-state index in [1.54, 1.807) is 4.57 Å². The zero-order valence-electron chi connectivity index (χ0n) is 23.3. The number of imidazole rings is 1. The first kappa shape index (κ1) is 29.8. The molecule has 0 bridgehead atoms. The van der Waals surface area contributed by atoms with Gasteiger partial charge in [0.15, 0.2) is 17.0 Å². The fourth-order valence-electron chi connectivity index (χ4n) is 5.21. The highest BCUT2D eigenvalue weighted by molar-refractivity contribution is 5.93. The van der Waals surface area contributed by atoms with Gasteiger partial charge in [-0.25, -0.2) is 9.78 Å². The van der Waals surface area contributed by atoms with E-state index in [2.05, 4.69) is 33.1 Å². The molecule has 1 fully saturated rings. The number of aromatic nitrogens is 4. The van der Waals surface area contributed by atoms with E-state index >= 15 is 0 Å². The summed E-state index contributed by atoms with van der Waals surface area (Å²) in [4.78, 5) is 24.3. The molecule has 3 heterocycles. The van der Waals surface area contributed by atoms with E-state index in [-0.39, 0.29) is 22.9 Å². The SMILES string of the molecule is C#C[C@]1(CC)O[C@@H](n2cnc3c(NC(=O)OCCCCCCCCCCCCCC)nc(F)nc32)C[C@@H]1C. The van der Waals surface area contributed by atoms with Gasteiger partial charge < -0.3 is 9.47 Å². The number of nitrogens with one attached hydrogen (secondary N) is 1. The first-order valence-corrected chi connectivity index (χ1v) is 14.4. The Labute approximate surface area is 226 Å². The van der Waals surface area contributed by atoms with Crippen molar-refractivity contribution in [2.75, 3.05) is 11.9 Å². The van der Waals surface area contributed by atoms with Gasteiger partial charge >= 0.3 is 12.2 Å². The molecule has 0 saturated carbocycles. The van der Waals surface area contributed by atoms with Crippen LogP contribution in [-0.4, -0.2) is 37.8 Å². The summed E-state index contributed by atoms with van der Waals surface area (Å²) >= 11 is 0. The average molecular weight is 530 g/mol. The smallest absolute Gasteiger partial charge is 0.412 e. The van der Waals surface area contributed by atoms with Crippen molar-refractivity contribution in [3.63, 3.8) is 0 Å². The molecule has 3 atom stereocenters. The van der Waals surface area contributed by atoms with Gasteiger partial charge in [0, 0.05) is 5.92 Å². The largest absolute Gasteiger partial charge is 0.449 e. The van der Waals surface area contributed by atoms with Crippen LogP contribution in [0.5, 0.6) is 0 Å². The highest BCUT2D eigenvalue weighted by atomic mass is 19.1. The van der Waals surface area contributed by atoms with E-state index in [0.29, 0.717) is 19.4 Å². The number of fused-ring (bicyclic) bond motifs is 1. The van der Waals surface area contributed by atoms with Gasteiger partial charge in [0.25, 0.3) is 0 Å². The van der Waals surface area contributed by atoms with Gasteiger partial charge in [-0.05, 0) is 19.3 Å². The zero-order valence-corrected chi connectivity index (χ0v) is 23.3. The minimum Gasteiger partial charge on any atom is -0.449 e. The lowest BCUT2D eigenvalue weighted by molar-refractivity contribution is -0.0465. The number of ether oxygens (including phenoxy) is 2. The van der Waals surface area contributed by atoms with Crippen molar-refractivity contribution in [3.8, 4) is 12.3 Å². The Balaban J connectivity index is 1.41. The van der Waals surface area contributed by atoms with Crippen molar-refractivity contribution in [2.24, 2.45) is 5.92 Å². The lowest BCUT2D eigenvalue weighted by Gasteiger charge is -2.25. The van der Waals surface area contributed by atoms with Gasteiger partial charge in [-0.1, -0.05) is 97.3 Å². The molecular formula is C29H44FN5O3. The van der Waals surface area contributed by atoms with Gasteiger partial charge in [-0.2, -0.15) is 14.4 Å². The van der Waals surface area contributed by atoms with Crippen molar-refractivity contribution in [1.82, 2.24) is 19.5 Å². The first-order valence-electron chi connectivity index (χ1n) is 14.4. The predicted octanol–water partition coefficient (Wildman–Crippen LogP) is 7.55. The van der Waals surface area contributed by atoms with Crippen LogP contribution in [0.4, 0.5) is 15.0 Å². The molecule has 0 aromatic carbocycles. The lowest BCUT2D eigenvalue weighted by atomic mass is 9.87. The molecule has 0 radical (unpaired) electrons. The number of rotatable bonds is 16. The molecule has 8 nitrogen and oxygen atoms in total. The van der Waals surface area contributed by atoms with Crippen LogP contribution in [-0.2, 0) is 9.47 Å². The molecule has 0 aliphatic carbocycles. The number of anilines is 1. The average Bonchev–Trinajstić information content (AvgIpc) is 3.47. The van der Waals surface area contributed by atoms with E-state index in [0.717, 1.165) is 19.3 Å². The van der Waals surface area contributed by atoms with Crippen molar-refractivity contribution >= 4 is 23.1 Å². The number of terminal acetylenes is 1. The molecular weight excluding hydrogens is 485 g/mol. The molecule has 9 heteroatoms. The highest BCUT2D eigenvalue weighted by Crippen LogP contribution is 2.43.